The van der Waals surface area contributed by atoms with Crippen LogP contribution in [-0.2, 0) is 42.9 Å². The molecule has 51 heavy (non-hydrogen) atoms. The maximum atomic E-state index is 14.5. The summed E-state index contributed by atoms with van der Waals surface area (Å²) in [5.41, 5.74) is -2.65. The zero-order valence-electron chi connectivity index (χ0n) is 32.9. The van der Waals surface area contributed by atoms with E-state index in [9.17, 15) is 29.1 Å². The predicted octanol–water partition coefficient (Wildman–Crippen LogP) is 4.34. The van der Waals surface area contributed by atoms with Crippen molar-refractivity contribution in [2.75, 3.05) is 27.7 Å². The number of fused-ring (bicyclic) bond motifs is 1. The number of Topliss-reactive ketones (excluding diaryl/α,β-unsaturated/α-hetero) is 3. The maximum absolute atomic E-state index is 14.5. The van der Waals surface area contributed by atoms with Crippen LogP contribution in [0.25, 0.3) is 0 Å². The van der Waals surface area contributed by atoms with Gasteiger partial charge in [0.05, 0.1) is 23.9 Å². The van der Waals surface area contributed by atoms with E-state index in [0.29, 0.717) is 38.6 Å². The van der Waals surface area contributed by atoms with Gasteiger partial charge in [-0.2, -0.15) is 0 Å². The van der Waals surface area contributed by atoms with Gasteiger partial charge >= 0.3 is 12.1 Å². The van der Waals surface area contributed by atoms with E-state index in [-0.39, 0.29) is 36.6 Å². The van der Waals surface area contributed by atoms with Gasteiger partial charge in [0.25, 0.3) is 0 Å². The number of hydrogen-bond acceptors (Lipinski definition) is 12. The quantitative estimate of drug-likeness (QED) is 0.183. The lowest BCUT2D eigenvalue weighted by Crippen LogP contribution is -2.60. The van der Waals surface area contributed by atoms with Gasteiger partial charge in [0.1, 0.15) is 29.7 Å². The van der Waals surface area contributed by atoms with Crippen LogP contribution in [0.4, 0.5) is 4.79 Å². The number of aliphatic hydroxyl groups is 1. The van der Waals surface area contributed by atoms with Crippen molar-refractivity contribution in [3.05, 3.63) is 0 Å². The molecule has 13 heteroatoms. The SMILES string of the molecule is CC[C@H]1OC(=O)[C@H](C)C(=O)[C@H](C)[C@@H](O[C@@H]2O[C@H](C)C[C@H](N(C)C)[C@H]2O)[C@](C)(OC)C[C@@H](C)C(=O)[C@H](C)[C@H]2N(CCCCCC(C)=O)C(=O)O[C@]12C. The smallest absolute Gasteiger partial charge is 0.410 e. The number of esters is 1. The Kier molecular flexibility index (Phi) is 14.8. The average Bonchev–Trinajstić information content (AvgIpc) is 3.33. The second kappa shape index (κ2) is 17.6. The molecule has 0 aliphatic carbocycles. The number of cyclic esters (lactones) is 1. The molecule has 13 atom stereocenters. The molecule has 0 bridgehead atoms. The Labute approximate surface area is 304 Å². The predicted molar refractivity (Wildman–Crippen MR) is 189 cm³/mol. The van der Waals surface area contributed by atoms with Gasteiger partial charge in [0.2, 0.25) is 0 Å². The van der Waals surface area contributed by atoms with Crippen LogP contribution < -0.4 is 0 Å². The number of carbonyl (C=O) groups excluding carboxylic acids is 5. The summed E-state index contributed by atoms with van der Waals surface area (Å²) >= 11 is 0. The Balaban J connectivity index is 2.08. The Morgan fingerprint density at radius 3 is 2.22 bits per heavy atom. The summed E-state index contributed by atoms with van der Waals surface area (Å²) < 4.78 is 30.9. The number of ketones is 3. The van der Waals surface area contributed by atoms with Gasteiger partial charge in [-0.05, 0) is 80.8 Å². The van der Waals surface area contributed by atoms with E-state index >= 15 is 0 Å². The molecular weight excluding hydrogens is 660 g/mol. The number of ether oxygens (including phenoxy) is 5. The van der Waals surface area contributed by atoms with Crippen molar-refractivity contribution in [1.82, 2.24) is 9.80 Å². The summed E-state index contributed by atoms with van der Waals surface area (Å²) in [5.74, 6) is -4.85. The Bertz CT molecular complexity index is 1260. The van der Waals surface area contributed by atoms with Crippen molar-refractivity contribution in [1.29, 1.82) is 0 Å². The van der Waals surface area contributed by atoms with Crippen molar-refractivity contribution in [2.45, 2.75) is 161 Å². The van der Waals surface area contributed by atoms with Crippen molar-refractivity contribution in [3.63, 3.8) is 0 Å². The van der Waals surface area contributed by atoms with Crippen LogP contribution in [0.3, 0.4) is 0 Å². The zero-order chi connectivity index (χ0) is 38.6. The Morgan fingerprint density at radius 2 is 1.65 bits per heavy atom. The van der Waals surface area contributed by atoms with E-state index in [2.05, 4.69) is 0 Å². The number of nitrogens with zero attached hydrogens (tertiary/aromatic N) is 2. The molecule has 292 valence electrons. The van der Waals surface area contributed by atoms with Crippen molar-refractivity contribution in [2.24, 2.45) is 23.7 Å². The van der Waals surface area contributed by atoms with Crippen LogP contribution in [0.2, 0.25) is 0 Å². The fourth-order valence-corrected chi connectivity index (χ4v) is 8.54. The average molecular weight is 725 g/mol. The molecule has 0 aromatic rings. The lowest BCUT2D eigenvalue weighted by molar-refractivity contribution is -0.295. The zero-order valence-corrected chi connectivity index (χ0v) is 32.9. The Hall–Kier alpha value is -2.45. The minimum Gasteiger partial charge on any atom is -0.458 e. The highest BCUT2D eigenvalue weighted by Crippen LogP contribution is 2.43. The van der Waals surface area contributed by atoms with E-state index in [4.69, 9.17) is 23.7 Å². The van der Waals surface area contributed by atoms with Crippen LogP contribution >= 0.6 is 0 Å². The molecular formula is C38H64N2O11. The minimum atomic E-state index is -1.39. The van der Waals surface area contributed by atoms with E-state index in [1.165, 1.54) is 14.0 Å². The highest BCUT2D eigenvalue weighted by Gasteiger charge is 2.60. The van der Waals surface area contributed by atoms with E-state index < -0.39 is 83.4 Å². The van der Waals surface area contributed by atoms with Gasteiger partial charge in [-0.15, -0.1) is 0 Å². The number of hydrogen-bond donors (Lipinski definition) is 1. The summed E-state index contributed by atoms with van der Waals surface area (Å²) in [4.78, 5) is 71.0. The third kappa shape index (κ3) is 9.38. The molecule has 3 aliphatic heterocycles. The second-order valence-electron chi connectivity index (χ2n) is 15.9. The molecule has 0 spiro atoms. The van der Waals surface area contributed by atoms with Crippen LogP contribution in [-0.4, -0.2) is 126 Å². The molecule has 13 nitrogen and oxygen atoms in total. The number of rotatable bonds is 11. The topological polar surface area (TPSA) is 158 Å². The van der Waals surface area contributed by atoms with Gasteiger partial charge in [0.15, 0.2) is 17.7 Å². The number of carbonyl (C=O) groups is 5. The number of unbranched alkanes of at least 4 members (excludes halogenated alkanes) is 2. The van der Waals surface area contributed by atoms with E-state index in [1.807, 2.05) is 25.9 Å². The van der Waals surface area contributed by atoms with Crippen LogP contribution in [0.15, 0.2) is 0 Å². The van der Waals surface area contributed by atoms with Gasteiger partial charge < -0.3 is 43.4 Å². The summed E-state index contributed by atoms with van der Waals surface area (Å²) in [7, 11) is 5.22. The van der Waals surface area contributed by atoms with Crippen molar-refractivity contribution < 1.29 is 52.8 Å². The summed E-state index contributed by atoms with van der Waals surface area (Å²) in [6, 6.07) is -1.06. The monoisotopic (exact) mass is 724 g/mol. The van der Waals surface area contributed by atoms with Gasteiger partial charge in [-0.3, -0.25) is 14.4 Å². The molecule has 3 heterocycles. The third-order valence-electron chi connectivity index (χ3n) is 11.6. The normalized spacial score (nSPS) is 40.1. The molecule has 1 N–H and O–H groups in total. The first-order valence-electron chi connectivity index (χ1n) is 18.7. The van der Waals surface area contributed by atoms with Crippen molar-refractivity contribution >= 4 is 29.4 Å². The van der Waals surface area contributed by atoms with Crippen LogP contribution in [0.1, 0.15) is 107 Å². The number of amides is 1. The lowest BCUT2D eigenvalue weighted by Gasteiger charge is -2.47. The first kappa shape index (κ1) is 43.0. The first-order valence-corrected chi connectivity index (χ1v) is 18.7. The molecule has 0 saturated carbocycles. The van der Waals surface area contributed by atoms with E-state index in [1.54, 1.807) is 53.4 Å². The van der Waals surface area contributed by atoms with Gasteiger partial charge in [-0.1, -0.05) is 34.1 Å². The number of likely N-dealkylation sites (N-methyl/N-ethyl adjacent to an activating group) is 1. The fourth-order valence-electron chi connectivity index (χ4n) is 8.54. The molecule has 0 aromatic heterocycles. The molecule has 0 unspecified atom stereocenters. The summed E-state index contributed by atoms with van der Waals surface area (Å²) in [6.07, 6.45) is -1.63. The van der Waals surface area contributed by atoms with Crippen LogP contribution in [0.5, 0.6) is 0 Å². The third-order valence-corrected chi connectivity index (χ3v) is 11.6. The molecule has 0 radical (unpaired) electrons. The molecule has 3 saturated heterocycles. The molecule has 3 rings (SSSR count). The molecule has 3 fully saturated rings. The summed E-state index contributed by atoms with van der Waals surface area (Å²) in [6.45, 7) is 15.7. The van der Waals surface area contributed by atoms with Gasteiger partial charge in [0, 0.05) is 43.9 Å². The first-order chi connectivity index (χ1) is 23.7. The highest BCUT2D eigenvalue weighted by atomic mass is 16.7. The lowest BCUT2D eigenvalue weighted by atomic mass is 9.73. The van der Waals surface area contributed by atoms with E-state index in [0.717, 1.165) is 0 Å². The highest BCUT2D eigenvalue weighted by molar-refractivity contribution is 6.00. The Morgan fingerprint density at radius 1 is 1.00 bits per heavy atom. The molecule has 3 aliphatic rings. The van der Waals surface area contributed by atoms with Gasteiger partial charge in [-0.25, -0.2) is 4.79 Å². The van der Waals surface area contributed by atoms with Crippen molar-refractivity contribution in [3.8, 4) is 0 Å². The van der Waals surface area contributed by atoms with Crippen LogP contribution in [0, 0.1) is 23.7 Å². The summed E-state index contributed by atoms with van der Waals surface area (Å²) in [5, 5.41) is 11.4. The molecule has 1 amide bonds. The number of methoxy groups -OCH3 is 1. The standard InChI is InChI=1S/C38H64N2O11/c1-13-28-38(9)32(40(36(46)51-38)18-16-14-15-17-22(3)41)24(5)29(42)21(2)20-37(8,47-12)33(25(6)30(43)26(7)34(45)49-28)50-35-31(44)27(39(10)11)19-23(4)48-35/h21,23-28,31-33,35,44H,13-20H2,1-12H3/t21-,23-,24+,25+,26-,27+,28-,31-,32-,33-,35+,37-,38-/m1/s1. The second-order valence-corrected chi connectivity index (χ2v) is 15.9. The molecule has 0 aromatic carbocycles. The minimum absolute atomic E-state index is 0.0996. The fraction of sp³-hybridized carbons (Fsp3) is 0.868. The maximum Gasteiger partial charge on any atom is 0.410 e. The number of aliphatic hydroxyl groups excluding tert-OH is 1. The largest absolute Gasteiger partial charge is 0.458 e.